The summed E-state index contributed by atoms with van der Waals surface area (Å²) < 4.78 is 5.56. The molecule has 0 spiro atoms. The number of anilines is 2. The number of aromatic nitrogens is 1. The van der Waals surface area contributed by atoms with E-state index in [1.807, 2.05) is 36.4 Å². The number of ether oxygens (including phenoxy) is 1. The van der Waals surface area contributed by atoms with Gasteiger partial charge in [0.05, 0.1) is 24.8 Å². The third-order valence-electron chi connectivity index (χ3n) is 8.38. The van der Waals surface area contributed by atoms with E-state index in [0.29, 0.717) is 56.2 Å². The van der Waals surface area contributed by atoms with Crippen molar-refractivity contribution in [2.45, 2.75) is 32.7 Å². The summed E-state index contributed by atoms with van der Waals surface area (Å²) in [5.41, 5.74) is 4.01. The summed E-state index contributed by atoms with van der Waals surface area (Å²) in [5, 5.41) is 29.0. The van der Waals surface area contributed by atoms with Crippen LogP contribution in [0.2, 0.25) is 0 Å². The van der Waals surface area contributed by atoms with E-state index in [1.54, 1.807) is 11.0 Å². The molecule has 2 aromatic carbocycles. The summed E-state index contributed by atoms with van der Waals surface area (Å²) in [6.45, 7) is 11.4. The molecule has 45 heavy (non-hydrogen) atoms. The molecule has 0 atom stereocenters. The number of likely N-dealkylation sites (tertiary alicyclic amines) is 1. The molecule has 1 amide bonds. The highest BCUT2D eigenvalue weighted by Crippen LogP contribution is 2.38. The van der Waals surface area contributed by atoms with Crippen molar-refractivity contribution in [3.8, 4) is 24.1 Å². The monoisotopic (exact) mass is 604 g/mol. The molecule has 3 aromatic rings. The summed E-state index contributed by atoms with van der Waals surface area (Å²) >= 11 is 0. The molecule has 10 nitrogen and oxygen atoms in total. The summed E-state index contributed by atoms with van der Waals surface area (Å²) in [5.74, 6) is 1.07. The number of methoxy groups -OCH3 is 1. The number of pyridine rings is 1. The first-order valence-corrected chi connectivity index (χ1v) is 15.2. The quantitative estimate of drug-likeness (QED) is 0.392. The van der Waals surface area contributed by atoms with Crippen LogP contribution in [0.3, 0.4) is 0 Å². The largest absolute Gasteiger partial charge is 0.480 e. The second kappa shape index (κ2) is 15.6. The molecular weight excluding hydrogens is 564 g/mol. The summed E-state index contributed by atoms with van der Waals surface area (Å²) in [7, 11) is 3.71. The Balaban J connectivity index is 0.000000446. The zero-order chi connectivity index (χ0) is 32.3. The Morgan fingerprint density at radius 2 is 1.60 bits per heavy atom. The summed E-state index contributed by atoms with van der Waals surface area (Å²) in [6, 6.07) is 18.2. The van der Waals surface area contributed by atoms with Crippen molar-refractivity contribution < 1.29 is 9.53 Å². The molecule has 0 radical (unpaired) electrons. The predicted molar refractivity (Wildman–Crippen MR) is 176 cm³/mol. The molecule has 0 unspecified atom stereocenters. The van der Waals surface area contributed by atoms with Gasteiger partial charge in [-0.2, -0.15) is 20.8 Å². The molecule has 6 rings (SSSR count). The maximum atomic E-state index is 12.0. The van der Waals surface area contributed by atoms with Gasteiger partial charge in [-0.3, -0.25) is 4.79 Å². The molecule has 4 heterocycles. The first-order chi connectivity index (χ1) is 21.9. The van der Waals surface area contributed by atoms with E-state index in [-0.39, 0.29) is 5.91 Å². The minimum absolute atomic E-state index is 0.0653. The van der Waals surface area contributed by atoms with Gasteiger partial charge in [-0.1, -0.05) is 30.8 Å². The van der Waals surface area contributed by atoms with Crippen LogP contribution < -0.4 is 14.5 Å². The number of nitrogens with zero attached hydrogens (tertiary/aromatic N) is 8. The average molecular weight is 605 g/mol. The Labute approximate surface area is 265 Å². The van der Waals surface area contributed by atoms with Gasteiger partial charge < -0.3 is 24.3 Å². The van der Waals surface area contributed by atoms with E-state index in [2.05, 4.69) is 40.5 Å². The Morgan fingerprint density at radius 3 is 2.16 bits per heavy atom. The number of carbonyl (C=O) groups is 1. The van der Waals surface area contributed by atoms with Gasteiger partial charge in [0.1, 0.15) is 17.5 Å². The van der Waals surface area contributed by atoms with Crippen LogP contribution in [0.5, 0.6) is 5.88 Å². The number of rotatable bonds is 4. The third kappa shape index (κ3) is 7.34. The lowest BCUT2D eigenvalue weighted by Crippen LogP contribution is -2.49. The molecule has 0 bridgehead atoms. The van der Waals surface area contributed by atoms with Crippen molar-refractivity contribution in [3.63, 3.8) is 0 Å². The zero-order valence-corrected chi connectivity index (χ0v) is 26.4. The van der Waals surface area contributed by atoms with Crippen LogP contribution in [-0.4, -0.2) is 80.7 Å². The van der Waals surface area contributed by atoms with Crippen LogP contribution in [0.25, 0.3) is 10.8 Å². The van der Waals surface area contributed by atoms with E-state index >= 15 is 0 Å². The maximum Gasteiger partial charge on any atom is 0.246 e. The number of hydrogen-bond donors (Lipinski definition) is 0. The number of carbonyl (C=O) groups excluding carboxylic acids is 1. The third-order valence-corrected chi connectivity index (χ3v) is 8.38. The zero-order valence-electron chi connectivity index (χ0n) is 26.4. The molecule has 1 aromatic heterocycles. The molecule has 0 saturated carbocycles. The minimum Gasteiger partial charge on any atom is -0.480 e. The fraction of sp³-hybridized carbons (Fsp3) is 0.400. The lowest BCUT2D eigenvalue weighted by Gasteiger charge is -2.38. The average Bonchev–Trinajstić information content (AvgIpc) is 3.57. The van der Waals surface area contributed by atoms with Gasteiger partial charge in [-0.25, -0.2) is 0 Å². The van der Waals surface area contributed by atoms with E-state index in [1.165, 1.54) is 46.0 Å². The summed E-state index contributed by atoms with van der Waals surface area (Å²) in [6.07, 6.45) is 4.88. The van der Waals surface area contributed by atoms with Crippen LogP contribution in [0.15, 0.2) is 49.1 Å². The molecule has 2 fully saturated rings. The molecule has 3 aliphatic heterocycles. The molecule has 0 aliphatic carbocycles. The van der Waals surface area contributed by atoms with Crippen molar-refractivity contribution in [3.05, 3.63) is 71.3 Å². The Hall–Kier alpha value is -5.11. The lowest BCUT2D eigenvalue weighted by molar-refractivity contribution is -0.126. The maximum absolute atomic E-state index is 12.0. The number of amides is 1. The van der Waals surface area contributed by atoms with Crippen molar-refractivity contribution in [2.24, 2.45) is 0 Å². The van der Waals surface area contributed by atoms with Gasteiger partial charge in [0.15, 0.2) is 0 Å². The first-order valence-electron chi connectivity index (χ1n) is 15.2. The van der Waals surface area contributed by atoms with Crippen LogP contribution in [0.1, 0.15) is 42.0 Å². The van der Waals surface area contributed by atoms with E-state index < -0.39 is 0 Å². The fourth-order valence-electron chi connectivity index (χ4n) is 6.14. The highest BCUT2D eigenvalue weighted by molar-refractivity contribution is 5.98. The molecule has 0 N–H and O–H groups in total. The van der Waals surface area contributed by atoms with Crippen molar-refractivity contribution in [1.29, 1.82) is 15.8 Å². The van der Waals surface area contributed by atoms with Crippen LogP contribution in [0, 0.1) is 34.0 Å². The van der Waals surface area contributed by atoms with Crippen molar-refractivity contribution in [1.82, 2.24) is 14.8 Å². The van der Waals surface area contributed by atoms with Crippen LogP contribution >= 0.6 is 0 Å². The SMILES string of the molecule is C=CC(=O)N1CCN(c2nc(OC)c(C#N)c3c2CCN(c2cccc4cccc(C#N)c24)C3)CC1.CC#N.CN1CCCC1. The van der Waals surface area contributed by atoms with Gasteiger partial charge in [0.25, 0.3) is 0 Å². The molecule has 3 aliphatic rings. The minimum atomic E-state index is -0.0653. The fourth-order valence-corrected chi connectivity index (χ4v) is 6.14. The van der Waals surface area contributed by atoms with Gasteiger partial charge >= 0.3 is 0 Å². The van der Waals surface area contributed by atoms with E-state index in [4.69, 9.17) is 15.0 Å². The van der Waals surface area contributed by atoms with Gasteiger partial charge in [-0.15, -0.1) is 0 Å². The Kier molecular flexibility index (Phi) is 11.3. The van der Waals surface area contributed by atoms with E-state index in [0.717, 1.165) is 39.9 Å². The standard InChI is InChI=1S/C28H26N6O2.C5H11N.C2H3N/c1-3-25(35)32-12-14-33(15-13-32)27-21-10-11-34(18-23(21)22(17-30)28(31-27)36-2)24-9-5-7-19-6-4-8-20(16-29)26(19)24;1-6-4-2-3-5-6;1-2-3/h3-9H,1,10-15,18H2,2H3;2-5H2,1H3;1H3. The number of hydrogen-bond acceptors (Lipinski definition) is 9. The number of piperazine rings is 1. The second-order valence-electron chi connectivity index (χ2n) is 11.1. The number of fused-ring (bicyclic) bond motifs is 2. The summed E-state index contributed by atoms with van der Waals surface area (Å²) in [4.78, 5) is 25.3. The smallest absolute Gasteiger partial charge is 0.246 e. The number of nitriles is 3. The highest BCUT2D eigenvalue weighted by Gasteiger charge is 2.31. The van der Waals surface area contributed by atoms with Crippen LogP contribution in [0.4, 0.5) is 11.5 Å². The van der Waals surface area contributed by atoms with Gasteiger partial charge in [-0.05, 0) is 63.0 Å². The normalized spacial score (nSPS) is 15.7. The van der Waals surface area contributed by atoms with Crippen molar-refractivity contribution >= 4 is 28.2 Å². The first kappa shape index (κ1) is 32.8. The molecule has 232 valence electrons. The molecule has 2 saturated heterocycles. The predicted octanol–water partition coefficient (Wildman–Crippen LogP) is 4.63. The van der Waals surface area contributed by atoms with Gasteiger partial charge in [0.2, 0.25) is 11.8 Å². The Morgan fingerprint density at radius 1 is 0.933 bits per heavy atom. The van der Waals surface area contributed by atoms with Crippen LogP contribution in [-0.2, 0) is 17.8 Å². The topological polar surface area (TPSA) is 124 Å². The molecule has 10 heteroatoms. The highest BCUT2D eigenvalue weighted by atomic mass is 16.5. The Bertz CT molecular complexity index is 1650. The molecular formula is C35H40N8O2. The van der Waals surface area contributed by atoms with Crippen molar-refractivity contribution in [2.75, 3.05) is 69.8 Å². The number of benzene rings is 2. The van der Waals surface area contributed by atoms with E-state index in [9.17, 15) is 15.3 Å². The second-order valence-corrected chi connectivity index (χ2v) is 11.1. The lowest BCUT2D eigenvalue weighted by atomic mass is 9.94. The van der Waals surface area contributed by atoms with Gasteiger partial charge in [0, 0.05) is 68.4 Å².